The van der Waals surface area contributed by atoms with Crippen molar-refractivity contribution < 1.29 is 0 Å². The zero-order valence-corrected chi connectivity index (χ0v) is 11.2. The van der Waals surface area contributed by atoms with Gasteiger partial charge in [0.15, 0.2) is 0 Å². The van der Waals surface area contributed by atoms with Gasteiger partial charge in [-0.15, -0.1) is 0 Å². The summed E-state index contributed by atoms with van der Waals surface area (Å²) in [5.74, 6) is 0.855. The maximum Gasteiger partial charge on any atom is 0.144 e. The average Bonchev–Trinajstić information content (AvgIpc) is 2.36. The van der Waals surface area contributed by atoms with Crippen molar-refractivity contribution >= 4 is 21.7 Å². The number of hydrogen-bond donors (Lipinski definition) is 1. The van der Waals surface area contributed by atoms with E-state index in [0.717, 1.165) is 29.0 Å². The summed E-state index contributed by atoms with van der Waals surface area (Å²) in [7, 11) is 0. The highest BCUT2D eigenvalue weighted by molar-refractivity contribution is 9.10. The molecule has 3 nitrogen and oxygen atoms in total. The minimum atomic E-state index is 0.855. The molecule has 0 spiro atoms. The maximum atomic E-state index is 4.20. The van der Waals surface area contributed by atoms with Gasteiger partial charge < -0.3 is 5.32 Å². The summed E-state index contributed by atoms with van der Waals surface area (Å²) in [5, 5.41) is 3.30. The number of aryl methyl sites for hydroxylation is 1. The summed E-state index contributed by atoms with van der Waals surface area (Å²) in [6.07, 6.45) is 2.56. The molecule has 0 fully saturated rings. The third-order valence-corrected chi connectivity index (χ3v) is 3.46. The Morgan fingerprint density at radius 3 is 2.71 bits per heavy atom. The highest BCUT2D eigenvalue weighted by atomic mass is 79.9. The molecule has 0 aliphatic rings. The van der Waals surface area contributed by atoms with Gasteiger partial charge in [0.1, 0.15) is 12.1 Å². The smallest absolute Gasteiger partial charge is 0.144 e. The van der Waals surface area contributed by atoms with Crippen LogP contribution in [-0.4, -0.2) is 16.5 Å². The second kappa shape index (κ2) is 5.77. The Bertz CT molecular complexity index is 485. The van der Waals surface area contributed by atoms with Gasteiger partial charge in [-0.25, -0.2) is 9.97 Å². The normalized spacial score (nSPS) is 10.2. The van der Waals surface area contributed by atoms with E-state index in [-0.39, 0.29) is 0 Å². The first-order valence-corrected chi connectivity index (χ1v) is 6.31. The molecule has 1 aromatic heterocycles. The third kappa shape index (κ3) is 3.27. The number of rotatable bonds is 4. The summed E-state index contributed by atoms with van der Waals surface area (Å²) in [4.78, 5) is 8.31. The number of nitrogens with one attached hydrogen (secondary N) is 1. The van der Waals surface area contributed by atoms with E-state index in [1.54, 1.807) is 6.33 Å². The fourth-order valence-electron chi connectivity index (χ4n) is 1.55. The molecule has 0 aliphatic carbocycles. The van der Waals surface area contributed by atoms with Crippen molar-refractivity contribution in [2.75, 3.05) is 11.9 Å². The van der Waals surface area contributed by atoms with E-state index < -0.39 is 0 Å². The van der Waals surface area contributed by atoms with Crippen molar-refractivity contribution in [1.82, 2.24) is 9.97 Å². The Morgan fingerprint density at radius 1 is 1.18 bits per heavy atom. The van der Waals surface area contributed by atoms with E-state index in [2.05, 4.69) is 55.5 Å². The van der Waals surface area contributed by atoms with Gasteiger partial charge in [-0.05, 0) is 34.8 Å². The number of nitrogens with zero attached hydrogens (tertiary/aromatic N) is 2. The third-order valence-electron chi connectivity index (χ3n) is 2.51. The Labute approximate surface area is 109 Å². The zero-order valence-electron chi connectivity index (χ0n) is 9.65. The molecular weight excluding hydrogens is 278 g/mol. The van der Waals surface area contributed by atoms with Crippen molar-refractivity contribution in [3.8, 4) is 0 Å². The van der Waals surface area contributed by atoms with Gasteiger partial charge in [-0.1, -0.05) is 30.3 Å². The molecule has 1 heterocycles. The van der Waals surface area contributed by atoms with Crippen LogP contribution in [0.3, 0.4) is 0 Å². The monoisotopic (exact) mass is 291 g/mol. The molecular formula is C13H14BrN3. The standard InChI is InChI=1S/C13H14BrN3/c1-10-12(14)13(17-9-16-10)15-8-7-11-5-3-2-4-6-11/h2-6,9H,7-8H2,1H3,(H,15,16,17). The Hall–Kier alpha value is -1.42. The second-order valence-electron chi connectivity index (χ2n) is 3.78. The fraction of sp³-hybridized carbons (Fsp3) is 0.231. The Balaban J connectivity index is 1.93. The molecule has 2 rings (SSSR count). The van der Waals surface area contributed by atoms with Crippen LogP contribution in [0.5, 0.6) is 0 Å². The molecule has 17 heavy (non-hydrogen) atoms. The first kappa shape index (κ1) is 12.0. The molecule has 0 saturated carbocycles. The summed E-state index contributed by atoms with van der Waals surface area (Å²) >= 11 is 3.48. The van der Waals surface area contributed by atoms with Crippen LogP contribution in [0, 0.1) is 6.92 Å². The predicted molar refractivity (Wildman–Crippen MR) is 73.1 cm³/mol. The predicted octanol–water partition coefficient (Wildman–Crippen LogP) is 3.20. The topological polar surface area (TPSA) is 37.8 Å². The van der Waals surface area contributed by atoms with Crippen molar-refractivity contribution in [2.24, 2.45) is 0 Å². The number of anilines is 1. The molecule has 0 radical (unpaired) electrons. The molecule has 0 bridgehead atoms. The van der Waals surface area contributed by atoms with Crippen LogP contribution in [0.1, 0.15) is 11.3 Å². The van der Waals surface area contributed by atoms with Gasteiger partial charge in [0.25, 0.3) is 0 Å². The van der Waals surface area contributed by atoms with Gasteiger partial charge in [-0.2, -0.15) is 0 Å². The van der Waals surface area contributed by atoms with Crippen LogP contribution < -0.4 is 5.32 Å². The fourth-order valence-corrected chi connectivity index (χ4v) is 1.90. The molecule has 0 saturated heterocycles. The molecule has 88 valence electrons. The molecule has 1 N–H and O–H groups in total. The van der Waals surface area contributed by atoms with E-state index in [4.69, 9.17) is 0 Å². The molecule has 0 amide bonds. The Kier molecular flexibility index (Phi) is 4.09. The molecule has 1 aromatic carbocycles. The van der Waals surface area contributed by atoms with Crippen molar-refractivity contribution in [1.29, 1.82) is 0 Å². The largest absolute Gasteiger partial charge is 0.369 e. The molecule has 0 unspecified atom stereocenters. The molecule has 0 aliphatic heterocycles. The van der Waals surface area contributed by atoms with Gasteiger partial charge in [-0.3, -0.25) is 0 Å². The minimum absolute atomic E-state index is 0.855. The van der Waals surface area contributed by atoms with Crippen LogP contribution in [-0.2, 0) is 6.42 Å². The van der Waals surface area contributed by atoms with Crippen LogP contribution >= 0.6 is 15.9 Å². The van der Waals surface area contributed by atoms with E-state index >= 15 is 0 Å². The summed E-state index contributed by atoms with van der Waals surface area (Å²) < 4.78 is 0.938. The summed E-state index contributed by atoms with van der Waals surface area (Å²) in [6, 6.07) is 10.4. The lowest BCUT2D eigenvalue weighted by molar-refractivity contribution is 0.987. The molecule has 2 aromatic rings. The average molecular weight is 292 g/mol. The first-order chi connectivity index (χ1) is 8.27. The highest BCUT2D eigenvalue weighted by Crippen LogP contribution is 2.21. The minimum Gasteiger partial charge on any atom is -0.369 e. The van der Waals surface area contributed by atoms with Crippen LogP contribution in [0.15, 0.2) is 41.1 Å². The van der Waals surface area contributed by atoms with Crippen LogP contribution in [0.25, 0.3) is 0 Å². The van der Waals surface area contributed by atoms with E-state index in [1.165, 1.54) is 5.56 Å². The zero-order chi connectivity index (χ0) is 12.1. The SMILES string of the molecule is Cc1ncnc(NCCc2ccccc2)c1Br. The van der Waals surface area contributed by atoms with E-state index in [9.17, 15) is 0 Å². The second-order valence-corrected chi connectivity index (χ2v) is 4.58. The van der Waals surface area contributed by atoms with Gasteiger partial charge >= 0.3 is 0 Å². The van der Waals surface area contributed by atoms with Crippen molar-refractivity contribution in [3.63, 3.8) is 0 Å². The number of benzene rings is 1. The van der Waals surface area contributed by atoms with Crippen molar-refractivity contribution in [2.45, 2.75) is 13.3 Å². The van der Waals surface area contributed by atoms with Gasteiger partial charge in [0.2, 0.25) is 0 Å². The maximum absolute atomic E-state index is 4.20. The van der Waals surface area contributed by atoms with E-state index in [1.807, 2.05) is 13.0 Å². The lowest BCUT2D eigenvalue weighted by Crippen LogP contribution is -2.07. The van der Waals surface area contributed by atoms with E-state index in [0.29, 0.717) is 0 Å². The lowest BCUT2D eigenvalue weighted by atomic mass is 10.1. The van der Waals surface area contributed by atoms with Crippen LogP contribution in [0.2, 0.25) is 0 Å². The highest BCUT2D eigenvalue weighted by Gasteiger charge is 2.03. The number of hydrogen-bond acceptors (Lipinski definition) is 3. The molecule has 0 atom stereocenters. The quantitative estimate of drug-likeness (QED) is 0.940. The molecule has 4 heteroatoms. The van der Waals surface area contributed by atoms with Crippen LogP contribution in [0.4, 0.5) is 5.82 Å². The van der Waals surface area contributed by atoms with Crippen molar-refractivity contribution in [3.05, 3.63) is 52.4 Å². The lowest BCUT2D eigenvalue weighted by Gasteiger charge is -2.08. The number of halogens is 1. The summed E-state index contributed by atoms with van der Waals surface area (Å²) in [5.41, 5.74) is 2.27. The number of aromatic nitrogens is 2. The van der Waals surface area contributed by atoms with Gasteiger partial charge in [0, 0.05) is 6.54 Å². The summed E-state index contributed by atoms with van der Waals surface area (Å²) in [6.45, 7) is 2.81. The van der Waals surface area contributed by atoms with Gasteiger partial charge in [0.05, 0.1) is 10.2 Å². The first-order valence-electron chi connectivity index (χ1n) is 5.52. The Morgan fingerprint density at radius 2 is 1.94 bits per heavy atom.